The summed E-state index contributed by atoms with van der Waals surface area (Å²) < 4.78 is 4.11. The summed E-state index contributed by atoms with van der Waals surface area (Å²) in [7, 11) is 2.35. The highest BCUT2D eigenvalue weighted by molar-refractivity contribution is 5.65. The van der Waals surface area contributed by atoms with Gasteiger partial charge in [0.05, 0.1) is 7.11 Å². The van der Waals surface area contributed by atoms with Crippen molar-refractivity contribution in [1.29, 1.82) is 0 Å². The van der Waals surface area contributed by atoms with Gasteiger partial charge >= 0.3 is 5.97 Å². The zero-order valence-corrected chi connectivity index (χ0v) is 8.10. The number of rotatable bonds is 0. The second-order valence-electron chi connectivity index (χ2n) is 1.72. The lowest BCUT2D eigenvalue weighted by Gasteiger charge is -1.80. The fourth-order valence-electron chi connectivity index (χ4n) is 0.313. The molecule has 0 atom stereocenters. The summed E-state index contributed by atoms with van der Waals surface area (Å²) in [4.78, 5) is 13.4. The largest absolute Gasteiger partial charge is 0.469 e. The summed E-state index contributed by atoms with van der Waals surface area (Å²) in [6.45, 7) is 1.36. The third-order valence-electron chi connectivity index (χ3n) is 0.854. The molecule has 1 heterocycles. The number of esters is 1. The van der Waals surface area contributed by atoms with Crippen LogP contribution < -0.4 is 0 Å². The SMILES string of the molecule is CO.COC(C)=O.c1ccncc1. The minimum absolute atomic E-state index is 0.245. The molecular formula is C9H15NO3. The molecule has 0 amide bonds. The quantitative estimate of drug-likeness (QED) is 0.609. The Bertz CT molecular complexity index is 163. The van der Waals surface area contributed by atoms with Gasteiger partial charge in [-0.05, 0) is 12.1 Å². The minimum atomic E-state index is -0.245. The van der Waals surface area contributed by atoms with E-state index in [2.05, 4.69) is 9.72 Å². The maximum atomic E-state index is 9.59. The van der Waals surface area contributed by atoms with Gasteiger partial charge in [-0.3, -0.25) is 9.78 Å². The molecule has 4 nitrogen and oxygen atoms in total. The molecule has 0 aliphatic carbocycles. The van der Waals surface area contributed by atoms with E-state index in [1.54, 1.807) is 12.4 Å². The summed E-state index contributed by atoms with van der Waals surface area (Å²) in [6, 6.07) is 5.72. The van der Waals surface area contributed by atoms with Gasteiger partial charge in [0.15, 0.2) is 0 Å². The molecule has 1 aromatic rings. The molecular weight excluding hydrogens is 170 g/mol. The Balaban J connectivity index is 0. The maximum Gasteiger partial charge on any atom is 0.302 e. The van der Waals surface area contributed by atoms with E-state index < -0.39 is 0 Å². The van der Waals surface area contributed by atoms with Gasteiger partial charge in [-0.2, -0.15) is 0 Å². The summed E-state index contributed by atoms with van der Waals surface area (Å²) in [5.74, 6) is -0.245. The molecule has 0 saturated carbocycles. The van der Waals surface area contributed by atoms with E-state index in [-0.39, 0.29) is 5.97 Å². The molecule has 0 spiro atoms. The van der Waals surface area contributed by atoms with E-state index in [1.165, 1.54) is 14.0 Å². The van der Waals surface area contributed by atoms with Crippen molar-refractivity contribution in [3.8, 4) is 0 Å². The fraction of sp³-hybridized carbons (Fsp3) is 0.333. The molecule has 0 unspecified atom stereocenters. The van der Waals surface area contributed by atoms with Crippen LogP contribution in [-0.4, -0.2) is 30.3 Å². The van der Waals surface area contributed by atoms with Crippen LogP contribution >= 0.6 is 0 Å². The first-order valence-electron chi connectivity index (χ1n) is 3.61. The number of methoxy groups -OCH3 is 1. The van der Waals surface area contributed by atoms with Gasteiger partial charge in [-0.1, -0.05) is 6.07 Å². The molecule has 1 N–H and O–H groups in total. The average Bonchev–Trinajstić information content (AvgIpc) is 2.24. The van der Waals surface area contributed by atoms with Gasteiger partial charge in [-0.15, -0.1) is 0 Å². The van der Waals surface area contributed by atoms with Crippen molar-refractivity contribution >= 4 is 5.97 Å². The summed E-state index contributed by atoms with van der Waals surface area (Å²) in [6.07, 6.45) is 3.50. The van der Waals surface area contributed by atoms with Crippen LogP contribution in [0.1, 0.15) is 6.92 Å². The third-order valence-corrected chi connectivity index (χ3v) is 0.854. The first kappa shape index (κ1) is 14.1. The predicted octanol–water partition coefficient (Wildman–Crippen LogP) is 0.869. The zero-order chi connectivity index (χ0) is 10.5. The second-order valence-corrected chi connectivity index (χ2v) is 1.72. The number of nitrogens with zero attached hydrogens (tertiary/aromatic N) is 1. The van der Waals surface area contributed by atoms with Crippen LogP contribution in [-0.2, 0) is 9.53 Å². The Morgan fingerprint density at radius 1 is 1.23 bits per heavy atom. The van der Waals surface area contributed by atoms with Crippen molar-refractivity contribution in [2.75, 3.05) is 14.2 Å². The monoisotopic (exact) mass is 185 g/mol. The highest BCUT2D eigenvalue weighted by Gasteiger charge is 1.75. The Kier molecular flexibility index (Phi) is 14.3. The summed E-state index contributed by atoms with van der Waals surface area (Å²) >= 11 is 0. The first-order chi connectivity index (χ1) is 6.27. The maximum absolute atomic E-state index is 9.59. The van der Waals surface area contributed by atoms with Gasteiger partial charge in [0.1, 0.15) is 0 Å². The molecule has 4 heteroatoms. The number of aliphatic hydroxyl groups is 1. The van der Waals surface area contributed by atoms with Crippen LogP contribution in [0.4, 0.5) is 0 Å². The number of aromatic nitrogens is 1. The van der Waals surface area contributed by atoms with Crippen LogP contribution in [0.2, 0.25) is 0 Å². The predicted molar refractivity (Wildman–Crippen MR) is 50.1 cm³/mol. The number of hydrogen-bond acceptors (Lipinski definition) is 4. The van der Waals surface area contributed by atoms with Crippen LogP contribution in [0.15, 0.2) is 30.6 Å². The number of hydrogen-bond donors (Lipinski definition) is 1. The Morgan fingerprint density at radius 3 is 1.69 bits per heavy atom. The van der Waals surface area contributed by atoms with E-state index in [4.69, 9.17) is 5.11 Å². The van der Waals surface area contributed by atoms with Crippen molar-refractivity contribution < 1.29 is 14.6 Å². The minimum Gasteiger partial charge on any atom is -0.469 e. The zero-order valence-electron chi connectivity index (χ0n) is 8.10. The standard InChI is InChI=1S/C5H5N.C3H6O2.CH4O/c1-2-4-6-5-3-1;1-3(4)5-2;1-2/h1-5H;1-2H3;2H,1H3. The van der Waals surface area contributed by atoms with Crippen LogP contribution in [0.5, 0.6) is 0 Å². The normalized spacial score (nSPS) is 6.77. The van der Waals surface area contributed by atoms with E-state index in [0.717, 1.165) is 7.11 Å². The number of carbonyl (C=O) groups is 1. The fourth-order valence-corrected chi connectivity index (χ4v) is 0.313. The van der Waals surface area contributed by atoms with Crippen LogP contribution in [0.25, 0.3) is 0 Å². The van der Waals surface area contributed by atoms with Crippen molar-refractivity contribution in [3.05, 3.63) is 30.6 Å². The van der Waals surface area contributed by atoms with E-state index in [0.29, 0.717) is 0 Å². The summed E-state index contributed by atoms with van der Waals surface area (Å²) in [5.41, 5.74) is 0. The lowest BCUT2D eigenvalue weighted by atomic mass is 10.5. The number of carbonyl (C=O) groups excluding carboxylic acids is 1. The summed E-state index contributed by atoms with van der Waals surface area (Å²) in [5, 5.41) is 7.00. The molecule has 74 valence electrons. The third kappa shape index (κ3) is 18.0. The molecule has 0 aliphatic heterocycles. The van der Waals surface area contributed by atoms with Gasteiger partial charge in [0.25, 0.3) is 0 Å². The molecule has 1 rings (SSSR count). The molecule has 0 aliphatic rings. The van der Waals surface area contributed by atoms with Crippen LogP contribution in [0.3, 0.4) is 0 Å². The van der Waals surface area contributed by atoms with E-state index in [1.807, 2.05) is 18.2 Å². The highest BCUT2D eigenvalue weighted by atomic mass is 16.5. The molecule has 0 fully saturated rings. The number of aliphatic hydroxyl groups excluding tert-OH is 1. The molecule has 0 aromatic carbocycles. The van der Waals surface area contributed by atoms with Gasteiger partial charge in [-0.25, -0.2) is 0 Å². The van der Waals surface area contributed by atoms with Crippen molar-refractivity contribution in [1.82, 2.24) is 4.98 Å². The Hall–Kier alpha value is -1.42. The smallest absolute Gasteiger partial charge is 0.302 e. The van der Waals surface area contributed by atoms with Gasteiger partial charge in [0.2, 0.25) is 0 Å². The molecule has 0 saturated heterocycles. The van der Waals surface area contributed by atoms with Crippen molar-refractivity contribution in [2.45, 2.75) is 6.92 Å². The first-order valence-corrected chi connectivity index (χ1v) is 3.61. The Morgan fingerprint density at radius 2 is 1.62 bits per heavy atom. The topological polar surface area (TPSA) is 59.4 Å². The molecule has 0 radical (unpaired) electrons. The molecule has 1 aromatic heterocycles. The van der Waals surface area contributed by atoms with E-state index in [9.17, 15) is 4.79 Å². The lowest BCUT2D eigenvalue weighted by Crippen LogP contribution is -1.88. The molecule has 0 bridgehead atoms. The number of pyridine rings is 1. The van der Waals surface area contributed by atoms with Crippen molar-refractivity contribution in [2.24, 2.45) is 0 Å². The number of ether oxygens (including phenoxy) is 1. The van der Waals surface area contributed by atoms with E-state index >= 15 is 0 Å². The average molecular weight is 185 g/mol. The Labute approximate surface area is 78.2 Å². The second kappa shape index (κ2) is 13.2. The highest BCUT2D eigenvalue weighted by Crippen LogP contribution is 1.73. The van der Waals surface area contributed by atoms with Gasteiger partial charge < -0.3 is 9.84 Å². The molecule has 13 heavy (non-hydrogen) atoms. The van der Waals surface area contributed by atoms with Crippen LogP contribution in [0, 0.1) is 0 Å². The van der Waals surface area contributed by atoms with Gasteiger partial charge in [0, 0.05) is 26.4 Å². The lowest BCUT2D eigenvalue weighted by molar-refractivity contribution is -0.137. The van der Waals surface area contributed by atoms with Crippen molar-refractivity contribution in [3.63, 3.8) is 0 Å².